The molecule has 1 unspecified atom stereocenters. The van der Waals surface area contributed by atoms with Gasteiger partial charge in [0.25, 0.3) is 0 Å². The molecule has 1 atom stereocenters. The molecule has 0 spiro atoms. The molecular weight excluding hydrogens is 250 g/mol. The standard InChI is InChI=1S/C10H9N7O2/c1-6(10(18)19)17-9(13-14-15-17)7-4-12-16-3-2-11-5-8(7)16/h2-6H,1H3,(H,18,19). The fourth-order valence-corrected chi connectivity index (χ4v) is 1.74. The molecule has 0 amide bonds. The monoisotopic (exact) mass is 259 g/mol. The summed E-state index contributed by atoms with van der Waals surface area (Å²) in [5.74, 6) is -0.666. The van der Waals surface area contributed by atoms with Crippen molar-refractivity contribution >= 4 is 11.5 Å². The molecule has 9 heteroatoms. The highest BCUT2D eigenvalue weighted by Gasteiger charge is 2.22. The van der Waals surface area contributed by atoms with E-state index in [-0.39, 0.29) is 0 Å². The number of fused-ring (bicyclic) bond motifs is 1. The van der Waals surface area contributed by atoms with Crippen molar-refractivity contribution in [2.24, 2.45) is 0 Å². The Morgan fingerprint density at radius 3 is 3.05 bits per heavy atom. The van der Waals surface area contributed by atoms with Gasteiger partial charge in [0, 0.05) is 12.4 Å². The second-order valence-corrected chi connectivity index (χ2v) is 3.93. The molecule has 0 radical (unpaired) electrons. The van der Waals surface area contributed by atoms with Crippen LogP contribution in [0.5, 0.6) is 0 Å². The number of aromatic nitrogens is 7. The van der Waals surface area contributed by atoms with Crippen molar-refractivity contribution in [3.8, 4) is 11.4 Å². The van der Waals surface area contributed by atoms with Gasteiger partial charge in [-0.3, -0.25) is 4.98 Å². The first-order chi connectivity index (χ1) is 9.18. The first-order valence-corrected chi connectivity index (χ1v) is 5.47. The van der Waals surface area contributed by atoms with E-state index in [9.17, 15) is 4.79 Å². The van der Waals surface area contributed by atoms with Gasteiger partial charge in [0.05, 0.1) is 23.5 Å². The predicted octanol–water partition coefficient (Wildman–Crippen LogP) is 0.0284. The van der Waals surface area contributed by atoms with Crippen molar-refractivity contribution in [3.63, 3.8) is 0 Å². The lowest BCUT2D eigenvalue weighted by molar-refractivity contribution is -0.140. The molecule has 9 nitrogen and oxygen atoms in total. The van der Waals surface area contributed by atoms with Crippen LogP contribution in [0, 0.1) is 0 Å². The first kappa shape index (κ1) is 11.3. The topological polar surface area (TPSA) is 111 Å². The Hall–Kier alpha value is -2.84. The Morgan fingerprint density at radius 2 is 2.26 bits per heavy atom. The maximum Gasteiger partial charge on any atom is 0.328 e. The maximum atomic E-state index is 11.0. The van der Waals surface area contributed by atoms with E-state index in [1.165, 1.54) is 11.6 Å². The smallest absolute Gasteiger partial charge is 0.328 e. The quantitative estimate of drug-likeness (QED) is 0.706. The van der Waals surface area contributed by atoms with Crippen LogP contribution < -0.4 is 0 Å². The Labute approximate surface area is 106 Å². The Kier molecular flexibility index (Phi) is 2.44. The lowest BCUT2D eigenvalue weighted by atomic mass is 10.2. The van der Waals surface area contributed by atoms with E-state index in [0.717, 1.165) is 0 Å². The minimum atomic E-state index is -1.01. The second-order valence-electron chi connectivity index (χ2n) is 3.93. The molecule has 0 aliphatic rings. The van der Waals surface area contributed by atoms with Crippen molar-refractivity contribution < 1.29 is 9.90 Å². The molecule has 3 heterocycles. The molecule has 0 bridgehead atoms. The molecular formula is C10H9N7O2. The average molecular weight is 259 g/mol. The summed E-state index contributed by atoms with van der Waals surface area (Å²) >= 11 is 0. The molecule has 96 valence electrons. The van der Waals surface area contributed by atoms with Gasteiger partial charge in [-0.25, -0.2) is 14.0 Å². The van der Waals surface area contributed by atoms with Crippen molar-refractivity contribution in [2.45, 2.75) is 13.0 Å². The van der Waals surface area contributed by atoms with Crippen molar-refractivity contribution in [1.82, 2.24) is 34.8 Å². The summed E-state index contributed by atoms with van der Waals surface area (Å²) in [6, 6.07) is -0.864. The van der Waals surface area contributed by atoms with Crippen LogP contribution in [0.15, 0.2) is 24.8 Å². The number of aliphatic carboxylic acids is 1. The summed E-state index contributed by atoms with van der Waals surface area (Å²) in [5.41, 5.74) is 1.34. The molecule has 0 aliphatic heterocycles. The first-order valence-electron chi connectivity index (χ1n) is 5.47. The fourth-order valence-electron chi connectivity index (χ4n) is 1.74. The van der Waals surface area contributed by atoms with Crippen LogP contribution >= 0.6 is 0 Å². The highest BCUT2D eigenvalue weighted by atomic mass is 16.4. The third kappa shape index (κ3) is 1.71. The number of hydrogen-bond donors (Lipinski definition) is 1. The molecule has 0 saturated carbocycles. The number of carbonyl (C=O) groups is 1. The van der Waals surface area contributed by atoms with E-state index in [4.69, 9.17) is 5.11 Å². The third-order valence-electron chi connectivity index (χ3n) is 2.78. The fraction of sp³-hybridized carbons (Fsp3) is 0.200. The van der Waals surface area contributed by atoms with Crippen molar-refractivity contribution in [3.05, 3.63) is 24.8 Å². The number of carboxylic acid groups (broad SMARTS) is 1. The van der Waals surface area contributed by atoms with E-state index >= 15 is 0 Å². The van der Waals surface area contributed by atoms with Crippen LogP contribution in [0.4, 0.5) is 0 Å². The van der Waals surface area contributed by atoms with Crippen LogP contribution in [-0.2, 0) is 4.79 Å². The minimum absolute atomic E-state index is 0.345. The van der Waals surface area contributed by atoms with Crippen LogP contribution in [0.25, 0.3) is 16.9 Å². The lowest BCUT2D eigenvalue weighted by Crippen LogP contribution is -2.18. The van der Waals surface area contributed by atoms with Crippen LogP contribution in [0.1, 0.15) is 13.0 Å². The van der Waals surface area contributed by atoms with Gasteiger partial charge < -0.3 is 5.11 Å². The average Bonchev–Trinajstić information content (AvgIpc) is 3.03. The zero-order valence-electron chi connectivity index (χ0n) is 9.87. The van der Waals surface area contributed by atoms with E-state index in [1.54, 1.807) is 29.3 Å². The summed E-state index contributed by atoms with van der Waals surface area (Å²) < 4.78 is 2.86. The number of carboxylic acids is 1. The summed E-state index contributed by atoms with van der Waals surface area (Å²) in [4.78, 5) is 15.0. The SMILES string of the molecule is CC(C(=O)O)n1nnnc1-c1cnn2ccncc12. The summed E-state index contributed by atoms with van der Waals surface area (Å²) in [6.07, 6.45) is 6.49. The number of hydrogen-bond acceptors (Lipinski definition) is 6. The predicted molar refractivity (Wildman–Crippen MR) is 62.1 cm³/mol. The van der Waals surface area contributed by atoms with E-state index in [2.05, 4.69) is 25.6 Å². The molecule has 3 aromatic heterocycles. The molecule has 0 aromatic carbocycles. The highest BCUT2D eigenvalue weighted by molar-refractivity contribution is 5.77. The van der Waals surface area contributed by atoms with Gasteiger partial charge in [-0.1, -0.05) is 0 Å². The highest BCUT2D eigenvalue weighted by Crippen LogP contribution is 2.23. The van der Waals surface area contributed by atoms with Gasteiger partial charge in [-0.2, -0.15) is 5.10 Å². The summed E-state index contributed by atoms with van der Waals surface area (Å²) in [7, 11) is 0. The van der Waals surface area contributed by atoms with E-state index < -0.39 is 12.0 Å². The molecule has 3 rings (SSSR count). The van der Waals surface area contributed by atoms with Gasteiger partial charge in [0.2, 0.25) is 0 Å². The zero-order valence-corrected chi connectivity index (χ0v) is 9.87. The normalized spacial score (nSPS) is 12.7. The van der Waals surface area contributed by atoms with Crippen LogP contribution in [0.3, 0.4) is 0 Å². The van der Waals surface area contributed by atoms with Crippen molar-refractivity contribution in [1.29, 1.82) is 0 Å². The number of tetrazole rings is 1. The van der Waals surface area contributed by atoms with Crippen LogP contribution in [-0.4, -0.2) is 45.9 Å². The van der Waals surface area contributed by atoms with Gasteiger partial charge in [-0.15, -0.1) is 5.10 Å². The lowest BCUT2D eigenvalue weighted by Gasteiger charge is -2.07. The minimum Gasteiger partial charge on any atom is -0.480 e. The zero-order chi connectivity index (χ0) is 13.4. The van der Waals surface area contributed by atoms with E-state index in [1.807, 2.05) is 0 Å². The molecule has 19 heavy (non-hydrogen) atoms. The maximum absolute atomic E-state index is 11.0. The van der Waals surface area contributed by atoms with Crippen molar-refractivity contribution in [2.75, 3.05) is 0 Å². The summed E-state index contributed by atoms with van der Waals surface area (Å²) in [5, 5.41) is 24.3. The Balaban J connectivity index is 2.18. The van der Waals surface area contributed by atoms with Gasteiger partial charge in [0.15, 0.2) is 11.9 Å². The number of nitrogens with zero attached hydrogens (tertiary/aromatic N) is 7. The number of rotatable bonds is 3. The molecule has 0 aliphatic carbocycles. The molecule has 1 N–H and O–H groups in total. The molecule has 0 fully saturated rings. The second kappa shape index (κ2) is 4.12. The largest absolute Gasteiger partial charge is 0.480 e. The Morgan fingerprint density at radius 1 is 1.42 bits per heavy atom. The van der Waals surface area contributed by atoms with E-state index in [0.29, 0.717) is 16.9 Å². The van der Waals surface area contributed by atoms with Gasteiger partial charge >= 0.3 is 5.97 Å². The third-order valence-corrected chi connectivity index (χ3v) is 2.78. The van der Waals surface area contributed by atoms with Gasteiger partial charge in [-0.05, 0) is 17.4 Å². The van der Waals surface area contributed by atoms with Crippen LogP contribution in [0.2, 0.25) is 0 Å². The Bertz CT molecular complexity index is 747. The molecule has 0 saturated heterocycles. The van der Waals surface area contributed by atoms with Gasteiger partial charge in [0.1, 0.15) is 0 Å². The summed E-state index contributed by atoms with van der Waals surface area (Å²) in [6.45, 7) is 1.51. The molecule has 3 aromatic rings.